The van der Waals surface area contributed by atoms with E-state index in [9.17, 15) is 9.90 Å². The third kappa shape index (κ3) is 2.81. The highest BCUT2D eigenvalue weighted by Crippen LogP contribution is 2.39. The summed E-state index contributed by atoms with van der Waals surface area (Å²) in [5.41, 5.74) is 0.353. The minimum Gasteiger partial charge on any atom is -0.393 e. The normalized spacial score (nSPS) is 33.4. The highest BCUT2D eigenvalue weighted by molar-refractivity contribution is 6.33. The van der Waals surface area contributed by atoms with Crippen LogP contribution in [0.3, 0.4) is 0 Å². The Morgan fingerprint density at radius 3 is 3.05 bits per heavy atom. The van der Waals surface area contributed by atoms with Crippen molar-refractivity contribution in [3.8, 4) is 0 Å². The quantitative estimate of drug-likeness (QED) is 0.878. The van der Waals surface area contributed by atoms with Crippen LogP contribution in [0.5, 0.6) is 0 Å². The lowest BCUT2D eigenvalue weighted by Crippen LogP contribution is -2.44. The highest BCUT2D eigenvalue weighted by atomic mass is 35.5. The van der Waals surface area contributed by atoms with Crippen molar-refractivity contribution in [1.29, 1.82) is 0 Å². The Labute approximate surface area is 129 Å². The van der Waals surface area contributed by atoms with Gasteiger partial charge in [0.05, 0.1) is 18.0 Å². The predicted octanol–water partition coefficient (Wildman–Crippen LogP) is 2.19. The molecule has 4 atom stereocenters. The van der Waals surface area contributed by atoms with Gasteiger partial charge >= 0.3 is 0 Å². The van der Waals surface area contributed by atoms with Gasteiger partial charge in [-0.2, -0.15) is 5.10 Å². The molecule has 6 heteroatoms. The molecule has 0 amide bonds. The number of H-pyrrole nitrogens is 1. The van der Waals surface area contributed by atoms with Crippen LogP contribution in [0.4, 0.5) is 5.69 Å². The van der Waals surface area contributed by atoms with Gasteiger partial charge in [-0.05, 0) is 38.0 Å². The first kappa shape index (κ1) is 14.9. The Hall–Kier alpha value is -1.07. The molecule has 1 aromatic heterocycles. The molecule has 5 nitrogen and oxygen atoms in total. The maximum absolute atomic E-state index is 11.7. The van der Waals surface area contributed by atoms with Crippen LogP contribution in [-0.2, 0) is 0 Å². The molecule has 116 valence electrons. The Balaban J connectivity index is 1.88. The van der Waals surface area contributed by atoms with E-state index in [1.54, 1.807) is 6.20 Å². The minimum atomic E-state index is -0.350. The van der Waals surface area contributed by atoms with Crippen LogP contribution < -0.4 is 10.5 Å². The van der Waals surface area contributed by atoms with Crippen molar-refractivity contribution >= 4 is 17.3 Å². The molecule has 2 N–H and O–H groups in total. The van der Waals surface area contributed by atoms with E-state index < -0.39 is 0 Å². The second-order valence-corrected chi connectivity index (χ2v) is 6.83. The zero-order chi connectivity index (χ0) is 15.0. The third-order valence-electron chi connectivity index (χ3n) is 5.00. The molecule has 1 aliphatic carbocycles. The molecule has 1 saturated heterocycles. The van der Waals surface area contributed by atoms with Crippen LogP contribution in [0.15, 0.2) is 11.0 Å². The van der Waals surface area contributed by atoms with Crippen molar-refractivity contribution in [2.45, 2.75) is 51.2 Å². The molecule has 0 aromatic carbocycles. The van der Waals surface area contributed by atoms with Gasteiger partial charge in [0.1, 0.15) is 5.02 Å². The van der Waals surface area contributed by atoms with Crippen molar-refractivity contribution in [2.75, 3.05) is 11.4 Å². The number of aliphatic hydroxyl groups excluding tert-OH is 1. The van der Waals surface area contributed by atoms with Crippen molar-refractivity contribution in [3.63, 3.8) is 0 Å². The van der Waals surface area contributed by atoms with Crippen molar-refractivity contribution in [3.05, 3.63) is 21.6 Å². The summed E-state index contributed by atoms with van der Waals surface area (Å²) in [6.07, 6.45) is 6.48. The maximum Gasteiger partial charge on any atom is 0.285 e. The second kappa shape index (κ2) is 5.97. The van der Waals surface area contributed by atoms with Crippen LogP contribution in [0, 0.1) is 11.8 Å². The number of hydrogen-bond acceptors (Lipinski definition) is 4. The van der Waals surface area contributed by atoms with E-state index in [-0.39, 0.29) is 28.6 Å². The lowest BCUT2D eigenvalue weighted by Gasteiger charge is -2.40. The molecular formula is C15H22ClN3O2. The highest BCUT2D eigenvalue weighted by Gasteiger charge is 2.39. The van der Waals surface area contributed by atoms with E-state index in [0.717, 1.165) is 38.6 Å². The number of aliphatic hydroxyl groups is 1. The molecule has 2 heterocycles. The van der Waals surface area contributed by atoms with Crippen LogP contribution >= 0.6 is 11.6 Å². The molecule has 0 radical (unpaired) electrons. The lowest BCUT2D eigenvalue weighted by atomic mass is 9.76. The van der Waals surface area contributed by atoms with Gasteiger partial charge < -0.3 is 10.0 Å². The summed E-state index contributed by atoms with van der Waals surface area (Å²) in [6, 6.07) is 0.254. The van der Waals surface area contributed by atoms with Gasteiger partial charge in [0, 0.05) is 18.5 Å². The van der Waals surface area contributed by atoms with Crippen molar-refractivity contribution in [1.82, 2.24) is 10.2 Å². The van der Waals surface area contributed by atoms with Crippen LogP contribution in [0.1, 0.15) is 39.0 Å². The fraction of sp³-hybridized carbons (Fsp3) is 0.733. The fourth-order valence-corrected chi connectivity index (χ4v) is 4.13. The van der Waals surface area contributed by atoms with E-state index in [0.29, 0.717) is 11.6 Å². The van der Waals surface area contributed by atoms with E-state index >= 15 is 0 Å². The summed E-state index contributed by atoms with van der Waals surface area (Å²) in [5.74, 6) is 0.903. The van der Waals surface area contributed by atoms with E-state index in [4.69, 9.17) is 11.6 Å². The summed E-state index contributed by atoms with van der Waals surface area (Å²) in [7, 11) is 0. The molecule has 1 aromatic rings. The lowest BCUT2D eigenvalue weighted by molar-refractivity contribution is 0.0390. The van der Waals surface area contributed by atoms with E-state index in [1.807, 2.05) is 0 Å². The number of hydrogen-bond donors (Lipinski definition) is 2. The summed E-state index contributed by atoms with van der Waals surface area (Å²) in [6.45, 7) is 3.12. The molecule has 21 heavy (non-hydrogen) atoms. The fourth-order valence-electron chi connectivity index (χ4n) is 3.93. The van der Waals surface area contributed by atoms with Crippen molar-refractivity contribution in [2.24, 2.45) is 11.8 Å². The molecular weight excluding hydrogens is 290 g/mol. The average Bonchev–Trinajstić information content (AvgIpc) is 2.93. The number of aromatic nitrogens is 2. The van der Waals surface area contributed by atoms with Crippen molar-refractivity contribution < 1.29 is 5.11 Å². The molecule has 1 aliphatic heterocycles. The van der Waals surface area contributed by atoms with E-state index in [1.165, 1.54) is 0 Å². The average molecular weight is 312 g/mol. The van der Waals surface area contributed by atoms with Gasteiger partial charge in [-0.1, -0.05) is 18.5 Å². The molecule has 0 spiro atoms. The molecule has 3 rings (SSSR count). The number of anilines is 1. The standard InChI is InChI=1S/C15H22ClN3O2/c1-9-4-5-13(20)10(7-9)11-3-2-6-19(11)12-8-17-18-15(21)14(12)16/h8-11,13,20H,2-7H2,1H3,(H,18,21)/t9-,10-,11-,13+/m1/s1. The van der Waals surface area contributed by atoms with Crippen LogP contribution in [0.25, 0.3) is 0 Å². The van der Waals surface area contributed by atoms with Gasteiger partial charge in [0.15, 0.2) is 0 Å². The zero-order valence-electron chi connectivity index (χ0n) is 12.3. The topological polar surface area (TPSA) is 69.2 Å². The number of aromatic amines is 1. The molecule has 0 unspecified atom stereocenters. The smallest absolute Gasteiger partial charge is 0.285 e. The first-order chi connectivity index (χ1) is 10.1. The molecule has 2 aliphatic rings. The third-order valence-corrected chi connectivity index (χ3v) is 5.37. The minimum absolute atomic E-state index is 0.204. The first-order valence-electron chi connectivity index (χ1n) is 7.76. The molecule has 0 bridgehead atoms. The summed E-state index contributed by atoms with van der Waals surface area (Å²) < 4.78 is 0. The van der Waals surface area contributed by atoms with Crippen LogP contribution in [0.2, 0.25) is 5.02 Å². The summed E-state index contributed by atoms with van der Waals surface area (Å²) >= 11 is 6.15. The van der Waals surface area contributed by atoms with Gasteiger partial charge in [-0.3, -0.25) is 4.79 Å². The van der Waals surface area contributed by atoms with Gasteiger partial charge in [-0.15, -0.1) is 0 Å². The molecule has 1 saturated carbocycles. The Morgan fingerprint density at radius 2 is 2.24 bits per heavy atom. The number of halogens is 1. The summed E-state index contributed by atoms with van der Waals surface area (Å²) in [5, 5.41) is 16.8. The van der Waals surface area contributed by atoms with Gasteiger partial charge in [0.25, 0.3) is 5.56 Å². The first-order valence-corrected chi connectivity index (χ1v) is 8.13. The molecule has 2 fully saturated rings. The number of nitrogens with one attached hydrogen (secondary N) is 1. The zero-order valence-corrected chi connectivity index (χ0v) is 13.0. The monoisotopic (exact) mass is 311 g/mol. The van der Waals surface area contributed by atoms with Gasteiger partial charge in [0.2, 0.25) is 0 Å². The second-order valence-electron chi connectivity index (χ2n) is 6.45. The number of nitrogens with zero attached hydrogens (tertiary/aromatic N) is 2. The Morgan fingerprint density at radius 1 is 1.43 bits per heavy atom. The van der Waals surface area contributed by atoms with E-state index in [2.05, 4.69) is 22.0 Å². The summed E-state index contributed by atoms with van der Waals surface area (Å²) in [4.78, 5) is 13.8. The predicted molar refractivity (Wildman–Crippen MR) is 82.7 cm³/mol. The Kier molecular flexibility index (Phi) is 4.22. The largest absolute Gasteiger partial charge is 0.393 e. The SMILES string of the molecule is C[C@@H]1CC[C@H](O)[C@@H]([C@H]2CCCN2c2cn[nH]c(=O)c2Cl)C1. The maximum atomic E-state index is 11.7. The van der Waals surface area contributed by atoms with Crippen LogP contribution in [-0.4, -0.2) is 34.0 Å². The van der Waals surface area contributed by atoms with Gasteiger partial charge in [-0.25, -0.2) is 5.10 Å². The Bertz CT molecular complexity index is 562. The number of rotatable bonds is 2.